The number of imidazole rings is 2. The standard InChI is InChI=1S/C66H34N12/c1-39-7-49(55-21-57(51-13-41(29-67)9-42(14-51)30-68)25-58(22-55)52-15-43(31-69)10-44(16-52)32-70)3-5-63(39)77-37-75-61-28-66-62(27-65(61)77)76-38-78(66)64-6-4-50(8-40(64)2)56-23-59(53-17-45(33-71)11-46(18-53)34-72)26-60(24-56)54-19-47(35-73)12-48(20-54)36-74/h3-28,37-38H,1-2H3. The lowest BCUT2D eigenvalue weighted by Gasteiger charge is -2.15. The average molecular weight is 995 g/mol. The van der Waals surface area contributed by atoms with Gasteiger partial charge < -0.3 is 0 Å². The molecule has 0 saturated heterocycles. The van der Waals surface area contributed by atoms with Crippen LogP contribution in [0.25, 0.3) is 100 Å². The van der Waals surface area contributed by atoms with Crippen LogP contribution < -0.4 is 0 Å². The van der Waals surface area contributed by atoms with Crippen LogP contribution in [0.15, 0.2) is 170 Å². The van der Waals surface area contributed by atoms with Crippen LogP contribution in [0.1, 0.15) is 55.6 Å². The fourth-order valence-corrected chi connectivity index (χ4v) is 10.1. The fourth-order valence-electron chi connectivity index (χ4n) is 10.1. The number of rotatable bonds is 8. The quantitative estimate of drug-likeness (QED) is 0.140. The highest BCUT2D eigenvalue weighted by Gasteiger charge is 2.18. The van der Waals surface area contributed by atoms with Crippen molar-refractivity contribution in [3.63, 3.8) is 0 Å². The molecule has 2 heterocycles. The summed E-state index contributed by atoms with van der Waals surface area (Å²) in [6, 6.07) is 65.7. The molecule has 2 aromatic heterocycles. The molecule has 11 aromatic rings. The minimum absolute atomic E-state index is 0.350. The highest BCUT2D eigenvalue weighted by Crippen LogP contribution is 2.39. The van der Waals surface area contributed by atoms with Gasteiger partial charge in [0.15, 0.2) is 0 Å². The van der Waals surface area contributed by atoms with Crippen LogP contribution in [-0.4, -0.2) is 19.1 Å². The molecule has 0 N–H and O–H groups in total. The van der Waals surface area contributed by atoms with Crippen molar-refractivity contribution in [2.75, 3.05) is 0 Å². The Labute approximate surface area is 447 Å². The number of nitrogens with zero attached hydrogens (tertiary/aromatic N) is 12. The van der Waals surface area contributed by atoms with Crippen molar-refractivity contribution < 1.29 is 0 Å². The van der Waals surface area contributed by atoms with Crippen molar-refractivity contribution >= 4 is 22.1 Å². The number of benzene rings is 9. The summed E-state index contributed by atoms with van der Waals surface area (Å²) in [6.07, 6.45) is 3.60. The second-order valence-electron chi connectivity index (χ2n) is 18.7. The van der Waals surface area contributed by atoms with E-state index in [-0.39, 0.29) is 0 Å². The molecule has 0 radical (unpaired) electrons. The van der Waals surface area contributed by atoms with E-state index in [4.69, 9.17) is 9.97 Å². The fraction of sp³-hybridized carbons (Fsp3) is 0.0303. The summed E-state index contributed by atoms with van der Waals surface area (Å²) >= 11 is 0. The normalized spacial score (nSPS) is 10.6. The maximum Gasteiger partial charge on any atom is 0.100 e. The maximum atomic E-state index is 9.81. The molecular formula is C66H34N12. The number of aromatic nitrogens is 4. The van der Waals surface area contributed by atoms with Crippen molar-refractivity contribution in [1.29, 1.82) is 42.1 Å². The number of nitriles is 8. The van der Waals surface area contributed by atoms with Crippen LogP contribution in [0.5, 0.6) is 0 Å². The van der Waals surface area contributed by atoms with E-state index in [1.807, 2.05) is 95.8 Å². The molecule has 0 saturated carbocycles. The summed E-state index contributed by atoms with van der Waals surface area (Å²) in [5, 5.41) is 78.5. The third kappa shape index (κ3) is 8.95. The molecule has 0 unspecified atom stereocenters. The summed E-state index contributed by atoms with van der Waals surface area (Å²) in [7, 11) is 0. The van der Waals surface area contributed by atoms with E-state index in [9.17, 15) is 42.1 Å². The molecule has 358 valence electrons. The Hall–Kier alpha value is -12.2. The van der Waals surface area contributed by atoms with Gasteiger partial charge in [0.2, 0.25) is 0 Å². The molecule has 0 bridgehead atoms. The topological polar surface area (TPSA) is 226 Å². The van der Waals surface area contributed by atoms with Gasteiger partial charge in [-0.2, -0.15) is 42.1 Å². The van der Waals surface area contributed by atoms with Crippen molar-refractivity contribution in [2.24, 2.45) is 0 Å². The second kappa shape index (κ2) is 19.7. The Morgan fingerprint density at radius 3 is 0.731 bits per heavy atom. The molecule has 12 nitrogen and oxygen atoms in total. The zero-order valence-electron chi connectivity index (χ0n) is 41.5. The predicted octanol–water partition coefficient (Wildman–Crippen LogP) is 14.0. The Balaban J connectivity index is 0.951. The van der Waals surface area contributed by atoms with Gasteiger partial charge in [-0.05, 0) is 237 Å². The SMILES string of the molecule is Cc1cc(-c2cc(-c3cc(C#N)cc(C#N)c3)cc(-c3cc(C#N)cc(C#N)c3)c2)ccc1-n1cnc2cc3c(cc21)ncn3-c1ccc(-c2cc(-c3cc(C#N)cc(C#N)c3)cc(-c3cc(C#N)cc(C#N)c3)c2)cc1C. The summed E-state index contributed by atoms with van der Waals surface area (Å²) in [5.41, 5.74) is 19.0. The lowest BCUT2D eigenvalue weighted by atomic mass is 9.90. The average Bonchev–Trinajstić information content (AvgIpc) is 4.11. The molecule has 0 aliphatic carbocycles. The van der Waals surface area contributed by atoms with E-state index in [0.29, 0.717) is 66.8 Å². The molecular weight excluding hydrogens is 961 g/mol. The molecule has 0 spiro atoms. The summed E-state index contributed by atoms with van der Waals surface area (Å²) < 4.78 is 4.08. The lowest BCUT2D eigenvalue weighted by Crippen LogP contribution is -1.97. The highest BCUT2D eigenvalue weighted by atomic mass is 15.1. The zero-order chi connectivity index (χ0) is 54.2. The largest absolute Gasteiger partial charge is 0.299 e. The minimum atomic E-state index is 0.350. The molecule has 0 aliphatic heterocycles. The van der Waals surface area contributed by atoms with Crippen LogP contribution in [0.4, 0.5) is 0 Å². The number of fused-ring (bicyclic) bond motifs is 2. The Bertz CT molecular complexity index is 4140. The highest BCUT2D eigenvalue weighted by molar-refractivity contribution is 5.94. The second-order valence-corrected chi connectivity index (χ2v) is 18.7. The summed E-state index contributed by atoms with van der Waals surface area (Å²) in [4.78, 5) is 9.75. The van der Waals surface area contributed by atoms with Gasteiger partial charge in [0.25, 0.3) is 0 Å². The van der Waals surface area contributed by atoms with Gasteiger partial charge in [0.1, 0.15) is 12.7 Å². The molecule has 0 atom stereocenters. The number of hydrogen-bond donors (Lipinski definition) is 0. The van der Waals surface area contributed by atoms with Gasteiger partial charge in [-0.15, -0.1) is 0 Å². The van der Waals surface area contributed by atoms with E-state index in [2.05, 4.69) is 60.7 Å². The van der Waals surface area contributed by atoms with Crippen LogP contribution in [0.3, 0.4) is 0 Å². The molecule has 78 heavy (non-hydrogen) atoms. The predicted molar refractivity (Wildman–Crippen MR) is 296 cm³/mol. The van der Waals surface area contributed by atoms with E-state index in [1.165, 1.54) is 0 Å². The molecule has 0 amide bonds. The van der Waals surface area contributed by atoms with E-state index in [0.717, 1.165) is 89.1 Å². The van der Waals surface area contributed by atoms with Gasteiger partial charge >= 0.3 is 0 Å². The first kappa shape index (κ1) is 48.1. The molecule has 12 heteroatoms. The Kier molecular flexibility index (Phi) is 12.2. The monoisotopic (exact) mass is 994 g/mol. The van der Waals surface area contributed by atoms with Gasteiger partial charge in [-0.25, -0.2) is 9.97 Å². The zero-order valence-corrected chi connectivity index (χ0v) is 41.5. The van der Waals surface area contributed by atoms with Crippen molar-refractivity contribution in [3.05, 3.63) is 226 Å². The smallest absolute Gasteiger partial charge is 0.100 e. The van der Waals surface area contributed by atoms with Crippen molar-refractivity contribution in [1.82, 2.24) is 19.1 Å². The lowest BCUT2D eigenvalue weighted by molar-refractivity contribution is 1.07. The van der Waals surface area contributed by atoms with E-state index in [1.54, 1.807) is 85.5 Å². The van der Waals surface area contributed by atoms with Crippen LogP contribution in [0, 0.1) is 104 Å². The van der Waals surface area contributed by atoms with Gasteiger partial charge in [0.05, 0.1) is 127 Å². The van der Waals surface area contributed by atoms with Crippen LogP contribution >= 0.6 is 0 Å². The van der Waals surface area contributed by atoms with E-state index >= 15 is 0 Å². The number of aryl methyl sites for hydroxylation is 2. The molecule has 0 aliphatic rings. The van der Waals surface area contributed by atoms with Crippen LogP contribution in [0.2, 0.25) is 0 Å². The Morgan fingerprint density at radius 1 is 0.269 bits per heavy atom. The summed E-state index contributed by atoms with van der Waals surface area (Å²) in [6.45, 7) is 4.07. The van der Waals surface area contributed by atoms with E-state index < -0.39 is 0 Å². The molecule has 9 aromatic carbocycles. The third-order valence-electron chi connectivity index (χ3n) is 13.8. The van der Waals surface area contributed by atoms with Crippen molar-refractivity contribution in [3.8, 4) is 127 Å². The van der Waals surface area contributed by atoms with Crippen LogP contribution in [-0.2, 0) is 0 Å². The first-order valence-corrected chi connectivity index (χ1v) is 24.2. The molecule has 0 fully saturated rings. The van der Waals surface area contributed by atoms with Gasteiger partial charge in [-0.3, -0.25) is 9.13 Å². The van der Waals surface area contributed by atoms with Gasteiger partial charge in [0, 0.05) is 0 Å². The summed E-state index contributed by atoms with van der Waals surface area (Å²) in [5.74, 6) is 0. The van der Waals surface area contributed by atoms with Gasteiger partial charge in [-0.1, -0.05) is 12.1 Å². The third-order valence-corrected chi connectivity index (χ3v) is 13.8. The maximum absolute atomic E-state index is 9.81. The minimum Gasteiger partial charge on any atom is -0.299 e. The first-order valence-electron chi connectivity index (χ1n) is 24.2. The first-order chi connectivity index (χ1) is 38.0. The number of hydrogen-bond acceptors (Lipinski definition) is 10. The Morgan fingerprint density at radius 2 is 0.500 bits per heavy atom. The molecule has 11 rings (SSSR count). The van der Waals surface area contributed by atoms with Crippen molar-refractivity contribution in [2.45, 2.75) is 13.8 Å².